The average molecular weight is 348 g/mol. The summed E-state index contributed by atoms with van der Waals surface area (Å²) in [6.45, 7) is 3.58. The lowest BCUT2D eigenvalue weighted by atomic mass is 9.78. The van der Waals surface area contributed by atoms with E-state index in [4.69, 9.17) is 0 Å². The molecule has 1 aromatic rings. The molecule has 0 bridgehead atoms. The summed E-state index contributed by atoms with van der Waals surface area (Å²) in [7, 11) is 0. The number of piperazine rings is 1. The average Bonchev–Trinajstić information content (AvgIpc) is 2.62. The van der Waals surface area contributed by atoms with Crippen LogP contribution in [-0.4, -0.2) is 43.0 Å². The third-order valence-electron chi connectivity index (χ3n) is 5.51. The molecule has 1 amide bonds. The maximum Gasteiger partial charge on any atom is 0.226 e. The first-order valence-electron chi connectivity index (χ1n) is 9.12. The van der Waals surface area contributed by atoms with Gasteiger partial charge in [0.25, 0.3) is 0 Å². The molecule has 1 N–H and O–H groups in total. The monoisotopic (exact) mass is 348 g/mol. The topological polar surface area (TPSA) is 64.9 Å². The number of nitrogens with one attached hydrogen (secondary N) is 1. The minimum absolute atomic E-state index is 0.0290. The molecule has 6 heteroatoms. The molecule has 0 aromatic heterocycles. The molecule has 1 heterocycles. The van der Waals surface area contributed by atoms with Crippen LogP contribution in [0.3, 0.4) is 0 Å². The Labute approximate surface area is 147 Å². The van der Waals surface area contributed by atoms with Crippen molar-refractivity contribution in [3.05, 3.63) is 35.6 Å². The maximum absolute atomic E-state index is 13.3. The summed E-state index contributed by atoms with van der Waals surface area (Å²) in [5.41, 5.74) is 0.957. The summed E-state index contributed by atoms with van der Waals surface area (Å²) >= 11 is 0. The number of nitrogens with zero attached hydrogens (tertiary/aromatic N) is 1. The number of rotatable bonds is 4. The Kier molecular flexibility index (Phi) is 5.68. The number of benzene rings is 1. The van der Waals surface area contributed by atoms with Crippen LogP contribution < -0.4 is 10.0 Å². The zero-order valence-corrected chi connectivity index (χ0v) is 14.4. The van der Waals surface area contributed by atoms with E-state index in [1.54, 1.807) is 17.0 Å². The molecule has 1 saturated heterocycles. The minimum atomic E-state index is -1.09. The van der Waals surface area contributed by atoms with Gasteiger partial charge in [0.1, 0.15) is 12.4 Å². The number of aliphatic carboxylic acids is 1. The second kappa shape index (κ2) is 7.95. The normalized spacial score (nSPS) is 24.9. The Morgan fingerprint density at radius 2 is 1.84 bits per heavy atom. The van der Waals surface area contributed by atoms with Crippen LogP contribution in [0.15, 0.2) is 24.3 Å². The van der Waals surface area contributed by atoms with Crippen molar-refractivity contribution in [2.24, 2.45) is 11.8 Å². The first-order chi connectivity index (χ1) is 12.0. The Hall–Kier alpha value is -1.95. The summed E-state index contributed by atoms with van der Waals surface area (Å²) in [6.07, 6.45) is 2.95. The van der Waals surface area contributed by atoms with Crippen molar-refractivity contribution in [2.75, 3.05) is 26.2 Å². The van der Waals surface area contributed by atoms with Crippen molar-refractivity contribution in [2.45, 2.75) is 32.2 Å². The molecular weight excluding hydrogens is 323 g/mol. The number of hydrogen-bond acceptors (Lipinski definition) is 3. The highest BCUT2D eigenvalue weighted by atomic mass is 19.1. The van der Waals surface area contributed by atoms with E-state index in [-0.39, 0.29) is 11.7 Å². The van der Waals surface area contributed by atoms with Gasteiger partial charge in [0, 0.05) is 23.4 Å². The van der Waals surface area contributed by atoms with Gasteiger partial charge in [-0.15, -0.1) is 0 Å². The van der Waals surface area contributed by atoms with Crippen LogP contribution in [0, 0.1) is 17.7 Å². The zero-order valence-electron chi connectivity index (χ0n) is 14.4. The Bertz CT molecular complexity index is 629. The number of carboxylic acid groups (broad SMARTS) is 1. The van der Waals surface area contributed by atoms with Crippen LogP contribution in [0.25, 0.3) is 0 Å². The number of hydrogen-bond donors (Lipinski definition) is 1. The molecule has 2 aliphatic rings. The lowest BCUT2D eigenvalue weighted by molar-refractivity contribution is -0.917. The summed E-state index contributed by atoms with van der Waals surface area (Å²) in [5, 5.41) is 11.3. The molecule has 0 unspecified atom stereocenters. The molecule has 1 aliphatic heterocycles. The van der Waals surface area contributed by atoms with Gasteiger partial charge in [-0.1, -0.05) is 25.0 Å². The molecule has 5 nitrogen and oxygen atoms in total. The van der Waals surface area contributed by atoms with Crippen LogP contribution in [0.5, 0.6) is 0 Å². The quantitative estimate of drug-likeness (QED) is 0.806. The van der Waals surface area contributed by atoms with Crippen molar-refractivity contribution in [1.82, 2.24) is 4.90 Å². The second-order valence-electron chi connectivity index (χ2n) is 7.20. The van der Waals surface area contributed by atoms with Gasteiger partial charge in [-0.2, -0.15) is 0 Å². The van der Waals surface area contributed by atoms with Crippen LogP contribution in [0.1, 0.15) is 31.2 Å². The van der Waals surface area contributed by atoms with E-state index in [1.165, 1.54) is 11.0 Å². The Balaban J connectivity index is 1.54. The first-order valence-corrected chi connectivity index (χ1v) is 9.12. The molecule has 1 aliphatic carbocycles. The van der Waals surface area contributed by atoms with E-state index in [2.05, 4.69) is 0 Å². The van der Waals surface area contributed by atoms with E-state index < -0.39 is 17.8 Å². The molecule has 25 heavy (non-hydrogen) atoms. The van der Waals surface area contributed by atoms with Gasteiger partial charge in [-0.3, -0.25) is 4.79 Å². The van der Waals surface area contributed by atoms with Crippen molar-refractivity contribution in [3.63, 3.8) is 0 Å². The Morgan fingerprint density at radius 3 is 2.48 bits per heavy atom. The van der Waals surface area contributed by atoms with Gasteiger partial charge in [-0.25, -0.2) is 4.39 Å². The highest BCUT2D eigenvalue weighted by Gasteiger charge is 2.36. The van der Waals surface area contributed by atoms with E-state index >= 15 is 0 Å². The first kappa shape index (κ1) is 17.9. The number of quaternary nitrogens is 1. The minimum Gasteiger partial charge on any atom is -0.550 e. The molecule has 1 aromatic carbocycles. The summed E-state index contributed by atoms with van der Waals surface area (Å²) in [4.78, 5) is 27.2. The zero-order chi connectivity index (χ0) is 17.8. The SMILES string of the molecule is O=C([O-])[C@H]1CCCC[C@H]1C(=O)N1CC[NH+](Cc2cccc(F)c2)CC1. The highest BCUT2D eigenvalue weighted by molar-refractivity contribution is 5.84. The van der Waals surface area contributed by atoms with Crippen molar-refractivity contribution >= 4 is 11.9 Å². The van der Waals surface area contributed by atoms with E-state index in [9.17, 15) is 19.1 Å². The van der Waals surface area contributed by atoms with Gasteiger partial charge in [0.2, 0.25) is 5.91 Å². The van der Waals surface area contributed by atoms with E-state index in [1.807, 2.05) is 6.07 Å². The fourth-order valence-corrected chi connectivity index (χ4v) is 4.10. The number of amides is 1. The largest absolute Gasteiger partial charge is 0.550 e. The highest BCUT2D eigenvalue weighted by Crippen LogP contribution is 2.31. The molecular formula is C19H25FN2O3. The lowest BCUT2D eigenvalue weighted by Crippen LogP contribution is -3.13. The van der Waals surface area contributed by atoms with Gasteiger partial charge >= 0.3 is 0 Å². The van der Waals surface area contributed by atoms with Gasteiger partial charge in [0.05, 0.1) is 26.2 Å². The fraction of sp³-hybridized carbons (Fsp3) is 0.579. The molecule has 2 fully saturated rings. The molecule has 2 atom stereocenters. The fourth-order valence-electron chi connectivity index (χ4n) is 4.10. The molecule has 1 saturated carbocycles. The second-order valence-corrected chi connectivity index (χ2v) is 7.20. The predicted molar refractivity (Wildman–Crippen MR) is 87.8 cm³/mol. The standard InChI is InChI=1S/C19H25FN2O3/c20-15-5-3-4-14(12-15)13-21-8-10-22(11-9-21)18(23)16-6-1-2-7-17(16)19(24)25/h3-5,12,16-17H,1-2,6-11,13H2,(H,24,25)/t16-,17+/m1/s1. The number of carbonyl (C=O) groups is 2. The number of carbonyl (C=O) groups excluding carboxylic acids is 2. The van der Waals surface area contributed by atoms with Crippen molar-refractivity contribution < 1.29 is 24.0 Å². The van der Waals surface area contributed by atoms with Gasteiger partial charge in [0.15, 0.2) is 0 Å². The smallest absolute Gasteiger partial charge is 0.226 e. The van der Waals surface area contributed by atoms with Crippen molar-refractivity contribution in [3.8, 4) is 0 Å². The number of carboxylic acids is 1. The van der Waals surface area contributed by atoms with E-state index in [0.29, 0.717) is 25.9 Å². The summed E-state index contributed by atoms with van der Waals surface area (Å²) in [6, 6.07) is 6.62. The molecule has 136 valence electrons. The van der Waals surface area contributed by atoms with Gasteiger partial charge in [-0.05, 0) is 25.0 Å². The molecule has 3 rings (SSSR count). The third kappa shape index (κ3) is 4.37. The molecule has 0 spiro atoms. The maximum atomic E-state index is 13.3. The third-order valence-corrected chi connectivity index (χ3v) is 5.51. The number of halogens is 1. The Morgan fingerprint density at radius 1 is 1.16 bits per heavy atom. The van der Waals surface area contributed by atoms with Crippen LogP contribution >= 0.6 is 0 Å². The van der Waals surface area contributed by atoms with Crippen LogP contribution in [-0.2, 0) is 16.1 Å². The van der Waals surface area contributed by atoms with E-state index in [0.717, 1.165) is 38.0 Å². The summed E-state index contributed by atoms with van der Waals surface area (Å²) in [5.74, 6) is -2.41. The van der Waals surface area contributed by atoms with Crippen molar-refractivity contribution in [1.29, 1.82) is 0 Å². The molecule has 0 radical (unpaired) electrons. The van der Waals surface area contributed by atoms with Gasteiger partial charge < -0.3 is 19.7 Å². The van der Waals surface area contributed by atoms with Crippen LogP contribution in [0.2, 0.25) is 0 Å². The van der Waals surface area contributed by atoms with Crippen LogP contribution in [0.4, 0.5) is 4.39 Å². The lowest BCUT2D eigenvalue weighted by Gasteiger charge is -2.38. The predicted octanol–water partition coefficient (Wildman–Crippen LogP) is -0.391. The summed E-state index contributed by atoms with van der Waals surface area (Å²) < 4.78 is 13.3.